The van der Waals surface area contributed by atoms with Crippen LogP contribution in [0, 0.1) is 5.41 Å². The second-order valence-corrected chi connectivity index (χ2v) is 5.30. The molecule has 0 bridgehead atoms. The lowest BCUT2D eigenvalue weighted by molar-refractivity contribution is 0.0762. The molecule has 4 N–H and O–H groups in total. The molecule has 1 atom stereocenters. The highest BCUT2D eigenvalue weighted by Crippen LogP contribution is 2.22. The fraction of sp³-hybridized carbons (Fsp3) is 0.923. The van der Waals surface area contributed by atoms with E-state index in [-0.39, 0.29) is 11.5 Å². The second-order valence-electron chi connectivity index (χ2n) is 5.30. The summed E-state index contributed by atoms with van der Waals surface area (Å²) in [6.07, 6.45) is 3.33. The van der Waals surface area contributed by atoms with E-state index in [2.05, 4.69) is 17.4 Å². The number of nitrogens with two attached hydrogens (primary N) is 1. The molecule has 0 amide bonds. The van der Waals surface area contributed by atoms with Gasteiger partial charge in [0.1, 0.15) is 5.84 Å². The van der Waals surface area contributed by atoms with Crippen LogP contribution in [-0.4, -0.2) is 36.8 Å². The zero-order chi connectivity index (χ0) is 14.0. The Labute approximate surface area is 111 Å². The molecule has 1 unspecified atom stereocenters. The fourth-order valence-electron chi connectivity index (χ4n) is 1.73. The summed E-state index contributed by atoms with van der Waals surface area (Å²) in [5, 5.41) is 15.1. The molecule has 0 aliphatic heterocycles. The van der Waals surface area contributed by atoms with Crippen molar-refractivity contribution >= 4 is 5.84 Å². The molecule has 0 heterocycles. The molecular formula is C13H29N3O2. The van der Waals surface area contributed by atoms with Gasteiger partial charge in [0.25, 0.3) is 0 Å². The Kier molecular flexibility index (Phi) is 8.75. The Hall–Kier alpha value is -0.810. The van der Waals surface area contributed by atoms with Gasteiger partial charge >= 0.3 is 0 Å². The summed E-state index contributed by atoms with van der Waals surface area (Å²) in [7, 11) is 0. The molecule has 0 aromatic heterocycles. The molecule has 0 radical (unpaired) electrons. The first-order valence-electron chi connectivity index (χ1n) is 6.74. The number of amidine groups is 1. The van der Waals surface area contributed by atoms with Crippen molar-refractivity contribution in [3.63, 3.8) is 0 Å². The van der Waals surface area contributed by atoms with Crippen LogP contribution in [0.3, 0.4) is 0 Å². The fourth-order valence-corrected chi connectivity index (χ4v) is 1.73. The third kappa shape index (κ3) is 7.50. The third-order valence-corrected chi connectivity index (χ3v) is 3.09. The van der Waals surface area contributed by atoms with Gasteiger partial charge in [0.15, 0.2) is 0 Å². The molecule has 5 nitrogen and oxygen atoms in total. The highest BCUT2D eigenvalue weighted by molar-refractivity contribution is 5.85. The smallest absolute Gasteiger partial charge is 0.144 e. The van der Waals surface area contributed by atoms with E-state index < -0.39 is 0 Å². The summed E-state index contributed by atoms with van der Waals surface area (Å²) in [5.74, 6) is 0.306. The number of nitrogens with one attached hydrogen (secondary N) is 1. The molecule has 0 rings (SSSR count). The molecule has 0 spiro atoms. The van der Waals surface area contributed by atoms with Crippen LogP contribution in [0.5, 0.6) is 0 Å². The van der Waals surface area contributed by atoms with E-state index >= 15 is 0 Å². The van der Waals surface area contributed by atoms with Crippen molar-refractivity contribution in [1.29, 1.82) is 0 Å². The minimum absolute atomic E-state index is 0.229. The molecular weight excluding hydrogens is 230 g/mol. The van der Waals surface area contributed by atoms with Gasteiger partial charge in [-0.25, -0.2) is 0 Å². The predicted octanol–water partition coefficient (Wildman–Crippen LogP) is 1.94. The van der Waals surface area contributed by atoms with Crippen molar-refractivity contribution in [3.05, 3.63) is 0 Å². The number of ether oxygens (including phenoxy) is 1. The lowest BCUT2D eigenvalue weighted by Crippen LogP contribution is -2.32. The monoisotopic (exact) mass is 259 g/mol. The molecule has 0 saturated heterocycles. The maximum absolute atomic E-state index is 8.66. The molecule has 108 valence electrons. The van der Waals surface area contributed by atoms with E-state index in [0.29, 0.717) is 5.84 Å². The second kappa shape index (κ2) is 9.16. The van der Waals surface area contributed by atoms with Crippen molar-refractivity contribution in [2.75, 3.05) is 19.7 Å². The van der Waals surface area contributed by atoms with Crippen LogP contribution in [-0.2, 0) is 4.74 Å². The molecule has 0 aromatic carbocycles. The number of hydrogen-bond acceptors (Lipinski definition) is 4. The molecule has 18 heavy (non-hydrogen) atoms. The van der Waals surface area contributed by atoms with E-state index in [1.807, 2.05) is 20.8 Å². The topological polar surface area (TPSA) is 79.9 Å². The van der Waals surface area contributed by atoms with Gasteiger partial charge in [-0.2, -0.15) is 0 Å². The third-order valence-electron chi connectivity index (χ3n) is 3.09. The van der Waals surface area contributed by atoms with Gasteiger partial charge in [-0.1, -0.05) is 25.4 Å². The average Bonchev–Trinajstić information content (AvgIpc) is 2.32. The Morgan fingerprint density at radius 1 is 1.44 bits per heavy atom. The van der Waals surface area contributed by atoms with Crippen molar-refractivity contribution in [2.45, 2.75) is 53.1 Å². The van der Waals surface area contributed by atoms with Crippen LogP contribution >= 0.6 is 0 Å². The summed E-state index contributed by atoms with van der Waals surface area (Å²) in [5.41, 5.74) is 5.40. The van der Waals surface area contributed by atoms with Gasteiger partial charge in [-0.3, -0.25) is 0 Å². The minimum atomic E-state index is -0.229. The quantitative estimate of drug-likeness (QED) is 0.184. The van der Waals surface area contributed by atoms with E-state index in [9.17, 15) is 0 Å². The van der Waals surface area contributed by atoms with Gasteiger partial charge < -0.3 is 21.0 Å². The van der Waals surface area contributed by atoms with Crippen molar-refractivity contribution in [1.82, 2.24) is 5.32 Å². The molecule has 0 saturated carbocycles. The van der Waals surface area contributed by atoms with Crippen LogP contribution in [0.1, 0.15) is 47.0 Å². The summed E-state index contributed by atoms with van der Waals surface area (Å²) in [4.78, 5) is 0. The van der Waals surface area contributed by atoms with Crippen LogP contribution in [0.25, 0.3) is 0 Å². The molecule has 0 fully saturated rings. The summed E-state index contributed by atoms with van der Waals surface area (Å²) in [6.45, 7) is 10.7. The van der Waals surface area contributed by atoms with E-state index in [1.165, 1.54) is 0 Å². The highest BCUT2D eigenvalue weighted by atomic mass is 16.5. The number of hydrogen-bond donors (Lipinski definition) is 3. The average molecular weight is 259 g/mol. The summed E-state index contributed by atoms with van der Waals surface area (Å²) >= 11 is 0. The number of nitrogens with zero attached hydrogens (tertiary/aromatic N) is 1. The largest absolute Gasteiger partial charge is 0.409 e. The van der Waals surface area contributed by atoms with Crippen molar-refractivity contribution in [3.8, 4) is 0 Å². The SMILES string of the molecule is CCOC(C)CNCCCCC(C)(C)C(N)=NO. The lowest BCUT2D eigenvalue weighted by atomic mass is 9.86. The number of rotatable bonds is 10. The van der Waals surface area contributed by atoms with Crippen LogP contribution < -0.4 is 11.1 Å². The van der Waals surface area contributed by atoms with E-state index in [0.717, 1.165) is 39.0 Å². The van der Waals surface area contributed by atoms with Gasteiger partial charge in [0.05, 0.1) is 6.10 Å². The van der Waals surface area contributed by atoms with Crippen molar-refractivity contribution in [2.24, 2.45) is 16.3 Å². The van der Waals surface area contributed by atoms with Gasteiger partial charge in [0.2, 0.25) is 0 Å². The Bertz CT molecular complexity index is 242. The zero-order valence-electron chi connectivity index (χ0n) is 12.2. The van der Waals surface area contributed by atoms with Crippen LogP contribution in [0.15, 0.2) is 5.16 Å². The number of oxime groups is 1. The molecule has 0 aliphatic rings. The molecule has 5 heteroatoms. The molecule has 0 aliphatic carbocycles. The summed E-state index contributed by atoms with van der Waals surface area (Å²) < 4.78 is 5.43. The Balaban J connectivity index is 3.57. The van der Waals surface area contributed by atoms with Crippen LogP contribution in [0.4, 0.5) is 0 Å². The van der Waals surface area contributed by atoms with Crippen molar-refractivity contribution < 1.29 is 9.94 Å². The zero-order valence-corrected chi connectivity index (χ0v) is 12.2. The maximum Gasteiger partial charge on any atom is 0.144 e. The van der Waals surface area contributed by atoms with E-state index in [1.54, 1.807) is 0 Å². The first kappa shape index (κ1) is 17.2. The first-order chi connectivity index (χ1) is 8.44. The van der Waals surface area contributed by atoms with Gasteiger partial charge in [0, 0.05) is 18.6 Å². The maximum atomic E-state index is 8.66. The summed E-state index contributed by atoms with van der Waals surface area (Å²) in [6, 6.07) is 0. The highest BCUT2D eigenvalue weighted by Gasteiger charge is 2.22. The van der Waals surface area contributed by atoms with E-state index in [4.69, 9.17) is 15.7 Å². The first-order valence-corrected chi connectivity index (χ1v) is 6.74. The standard InChI is InChI=1S/C13H29N3O2/c1-5-18-11(2)10-15-9-7-6-8-13(3,4)12(14)16-17/h11,15,17H,5-10H2,1-4H3,(H2,14,16). The predicted molar refractivity (Wildman–Crippen MR) is 75.0 cm³/mol. The Morgan fingerprint density at radius 3 is 2.67 bits per heavy atom. The minimum Gasteiger partial charge on any atom is -0.409 e. The van der Waals surface area contributed by atoms with Crippen LogP contribution in [0.2, 0.25) is 0 Å². The lowest BCUT2D eigenvalue weighted by Gasteiger charge is -2.22. The van der Waals surface area contributed by atoms with Gasteiger partial charge in [-0.05, 0) is 33.2 Å². The Morgan fingerprint density at radius 2 is 2.11 bits per heavy atom. The normalized spacial score (nSPS) is 14.8. The number of unbranched alkanes of at least 4 members (excludes halogenated alkanes) is 1. The molecule has 0 aromatic rings. The van der Waals surface area contributed by atoms with Gasteiger partial charge in [-0.15, -0.1) is 0 Å².